The lowest BCUT2D eigenvalue weighted by molar-refractivity contribution is -0.125. The van der Waals surface area contributed by atoms with Gasteiger partial charge in [-0.2, -0.15) is 5.06 Å². The summed E-state index contributed by atoms with van der Waals surface area (Å²) >= 11 is 0. The number of oxime groups is 1. The number of rotatable bonds is 2. The molecule has 2 rings (SSSR count). The van der Waals surface area contributed by atoms with E-state index in [1.165, 1.54) is 10.6 Å². The number of benzene rings is 1. The van der Waals surface area contributed by atoms with Crippen molar-refractivity contribution >= 4 is 17.3 Å². The van der Waals surface area contributed by atoms with Gasteiger partial charge in [-0.05, 0) is 24.1 Å². The Labute approximate surface area is 99.2 Å². The van der Waals surface area contributed by atoms with Crippen molar-refractivity contribution in [3.8, 4) is 0 Å². The molecule has 0 bridgehead atoms. The quantitative estimate of drug-likeness (QED) is 0.626. The van der Waals surface area contributed by atoms with Crippen LogP contribution in [0.4, 0.5) is 5.69 Å². The zero-order valence-electron chi connectivity index (χ0n) is 9.59. The molecule has 1 heterocycles. The van der Waals surface area contributed by atoms with Crippen LogP contribution in [-0.2, 0) is 16.1 Å². The van der Waals surface area contributed by atoms with E-state index in [1.54, 1.807) is 0 Å². The predicted octanol–water partition coefficient (Wildman–Crippen LogP) is 1.75. The van der Waals surface area contributed by atoms with Crippen molar-refractivity contribution in [2.24, 2.45) is 5.16 Å². The maximum Gasteiger partial charge on any atom is 0.256 e. The molecule has 90 valence electrons. The van der Waals surface area contributed by atoms with Crippen molar-refractivity contribution in [1.29, 1.82) is 0 Å². The number of nitrogens with zero attached hydrogens (tertiary/aromatic N) is 2. The van der Waals surface area contributed by atoms with Crippen molar-refractivity contribution < 1.29 is 14.8 Å². The molecule has 1 aromatic carbocycles. The molecule has 1 aromatic rings. The molecular formula is C12H14N2O3. The minimum atomic E-state index is -0.228. The Morgan fingerprint density at radius 2 is 2.12 bits per heavy atom. The molecule has 0 unspecified atom stereocenters. The van der Waals surface area contributed by atoms with Crippen LogP contribution in [0.25, 0.3) is 0 Å². The molecule has 0 radical (unpaired) electrons. The Hall–Kier alpha value is -1.88. The first-order chi connectivity index (χ1) is 8.24. The third kappa shape index (κ3) is 2.45. The molecule has 1 amide bonds. The van der Waals surface area contributed by atoms with Crippen LogP contribution in [0.3, 0.4) is 0 Å². The normalized spacial score (nSPS) is 18.8. The van der Waals surface area contributed by atoms with Gasteiger partial charge in [0, 0.05) is 0 Å². The van der Waals surface area contributed by atoms with E-state index in [1.807, 2.05) is 24.3 Å². The summed E-state index contributed by atoms with van der Waals surface area (Å²) in [5.74, 6) is -0.228. The maximum atomic E-state index is 11.7. The number of anilines is 1. The third-order valence-electron chi connectivity index (χ3n) is 2.66. The second-order valence-corrected chi connectivity index (χ2v) is 3.82. The van der Waals surface area contributed by atoms with Gasteiger partial charge in [-0.1, -0.05) is 24.2 Å². The first kappa shape index (κ1) is 11.6. The van der Waals surface area contributed by atoms with Gasteiger partial charge < -0.3 is 5.21 Å². The Balaban J connectivity index is 2.14. The van der Waals surface area contributed by atoms with Gasteiger partial charge >= 0.3 is 0 Å². The summed E-state index contributed by atoms with van der Waals surface area (Å²) in [5, 5.41) is 12.8. The lowest BCUT2D eigenvalue weighted by Crippen LogP contribution is -2.40. The Kier molecular flexibility index (Phi) is 3.39. The summed E-state index contributed by atoms with van der Waals surface area (Å²) in [6.07, 6.45) is 1.04. The topological polar surface area (TPSA) is 62.1 Å². The number of carbonyl (C=O) groups excluding carboxylic acids is 1. The van der Waals surface area contributed by atoms with Gasteiger partial charge in [-0.3, -0.25) is 9.63 Å². The average Bonchev–Trinajstić information content (AvgIpc) is 2.39. The summed E-state index contributed by atoms with van der Waals surface area (Å²) < 4.78 is 0. The van der Waals surface area contributed by atoms with E-state index in [-0.39, 0.29) is 18.9 Å². The van der Waals surface area contributed by atoms with Crippen molar-refractivity contribution in [3.05, 3.63) is 29.8 Å². The number of hydrogen-bond acceptors (Lipinski definition) is 4. The average molecular weight is 234 g/mol. The van der Waals surface area contributed by atoms with Crippen molar-refractivity contribution in [2.45, 2.75) is 19.8 Å². The van der Waals surface area contributed by atoms with E-state index in [2.05, 4.69) is 12.1 Å². The SMILES string of the molecule is CCc1ccc(N2OC/C(=N\O)CC2=O)cc1. The summed E-state index contributed by atoms with van der Waals surface area (Å²) in [7, 11) is 0. The molecule has 0 atom stereocenters. The summed E-state index contributed by atoms with van der Waals surface area (Å²) in [4.78, 5) is 17.0. The van der Waals surface area contributed by atoms with Crippen LogP contribution in [0.15, 0.2) is 29.4 Å². The number of aryl methyl sites for hydroxylation is 1. The molecule has 0 aliphatic carbocycles. The minimum Gasteiger partial charge on any atom is -0.411 e. The van der Waals surface area contributed by atoms with E-state index in [0.717, 1.165) is 6.42 Å². The second-order valence-electron chi connectivity index (χ2n) is 3.82. The van der Waals surface area contributed by atoms with Crippen LogP contribution >= 0.6 is 0 Å². The van der Waals surface area contributed by atoms with E-state index in [4.69, 9.17) is 10.0 Å². The summed E-state index contributed by atoms with van der Waals surface area (Å²) in [6, 6.07) is 7.61. The predicted molar refractivity (Wildman–Crippen MR) is 63.1 cm³/mol. The number of hydrogen-bond donors (Lipinski definition) is 1. The first-order valence-corrected chi connectivity index (χ1v) is 5.49. The smallest absolute Gasteiger partial charge is 0.256 e. The fraction of sp³-hybridized carbons (Fsp3) is 0.333. The number of hydroxylamine groups is 1. The van der Waals surface area contributed by atoms with Crippen molar-refractivity contribution in [2.75, 3.05) is 11.7 Å². The molecule has 1 fully saturated rings. The van der Waals surface area contributed by atoms with Gasteiger partial charge in [-0.15, -0.1) is 0 Å². The maximum absolute atomic E-state index is 11.7. The molecule has 1 N–H and O–H groups in total. The van der Waals surface area contributed by atoms with Crippen LogP contribution in [0, 0.1) is 0 Å². The van der Waals surface area contributed by atoms with E-state index in [9.17, 15) is 4.79 Å². The fourth-order valence-electron chi connectivity index (χ4n) is 1.66. The van der Waals surface area contributed by atoms with Gasteiger partial charge in [0.25, 0.3) is 5.91 Å². The van der Waals surface area contributed by atoms with Crippen LogP contribution < -0.4 is 5.06 Å². The molecular weight excluding hydrogens is 220 g/mol. The van der Waals surface area contributed by atoms with Crippen molar-refractivity contribution in [1.82, 2.24) is 0 Å². The van der Waals surface area contributed by atoms with Gasteiger partial charge in [0.05, 0.1) is 17.8 Å². The Morgan fingerprint density at radius 3 is 2.65 bits per heavy atom. The van der Waals surface area contributed by atoms with Crippen LogP contribution in [0.5, 0.6) is 0 Å². The Bertz CT molecular complexity index is 440. The minimum absolute atomic E-state index is 0.0893. The van der Waals surface area contributed by atoms with Crippen LogP contribution in [0.2, 0.25) is 0 Å². The van der Waals surface area contributed by atoms with E-state index < -0.39 is 0 Å². The summed E-state index contributed by atoms with van der Waals surface area (Å²) in [6.45, 7) is 2.21. The highest BCUT2D eigenvalue weighted by atomic mass is 16.7. The Morgan fingerprint density at radius 1 is 1.41 bits per heavy atom. The number of carbonyl (C=O) groups is 1. The standard InChI is InChI=1S/C12H14N2O3/c1-2-9-3-5-11(6-4-9)14-12(15)7-10(13-16)8-17-14/h3-6,16H,2,7-8H2,1H3/b13-10-. The monoisotopic (exact) mass is 234 g/mol. The van der Waals surface area contributed by atoms with Gasteiger partial charge in [0.15, 0.2) is 0 Å². The van der Waals surface area contributed by atoms with E-state index in [0.29, 0.717) is 11.4 Å². The zero-order valence-corrected chi connectivity index (χ0v) is 9.59. The molecule has 5 nitrogen and oxygen atoms in total. The molecule has 5 heteroatoms. The lowest BCUT2D eigenvalue weighted by Gasteiger charge is -2.26. The largest absolute Gasteiger partial charge is 0.411 e. The van der Waals surface area contributed by atoms with Gasteiger partial charge in [0.1, 0.15) is 6.61 Å². The molecule has 1 aliphatic rings. The van der Waals surface area contributed by atoms with Crippen LogP contribution in [-0.4, -0.2) is 23.4 Å². The molecule has 1 saturated heterocycles. The van der Waals surface area contributed by atoms with Gasteiger partial charge in [-0.25, -0.2) is 0 Å². The highest BCUT2D eigenvalue weighted by Crippen LogP contribution is 2.19. The van der Waals surface area contributed by atoms with Crippen molar-refractivity contribution in [3.63, 3.8) is 0 Å². The second kappa shape index (κ2) is 4.97. The molecule has 0 spiro atoms. The highest BCUT2D eigenvalue weighted by molar-refractivity contribution is 6.08. The lowest BCUT2D eigenvalue weighted by atomic mass is 10.1. The zero-order chi connectivity index (χ0) is 12.3. The number of amides is 1. The summed E-state index contributed by atoms with van der Waals surface area (Å²) in [5.41, 5.74) is 2.25. The molecule has 1 aliphatic heterocycles. The highest BCUT2D eigenvalue weighted by Gasteiger charge is 2.25. The van der Waals surface area contributed by atoms with Gasteiger partial charge in [0.2, 0.25) is 0 Å². The molecule has 0 saturated carbocycles. The first-order valence-electron chi connectivity index (χ1n) is 5.49. The third-order valence-corrected chi connectivity index (χ3v) is 2.66. The fourth-order valence-corrected chi connectivity index (χ4v) is 1.66. The van der Waals surface area contributed by atoms with Crippen LogP contribution in [0.1, 0.15) is 18.9 Å². The molecule has 17 heavy (non-hydrogen) atoms. The molecule has 0 aromatic heterocycles. The van der Waals surface area contributed by atoms with E-state index >= 15 is 0 Å².